The van der Waals surface area contributed by atoms with Crippen molar-refractivity contribution in [2.75, 3.05) is 27.7 Å². The molecule has 2 heterocycles. The van der Waals surface area contributed by atoms with Crippen LogP contribution in [0.1, 0.15) is 25.3 Å². The van der Waals surface area contributed by atoms with E-state index in [9.17, 15) is 9.59 Å². The lowest BCUT2D eigenvalue weighted by Gasteiger charge is -2.32. The Morgan fingerprint density at radius 1 is 1.22 bits per heavy atom. The predicted octanol–water partition coefficient (Wildman–Crippen LogP) is 3.44. The molecule has 1 atom stereocenters. The third-order valence-electron chi connectivity index (χ3n) is 4.73. The van der Waals surface area contributed by atoms with E-state index in [1.165, 1.54) is 7.11 Å². The second kappa shape index (κ2) is 7.66. The monoisotopic (exact) mass is 384 g/mol. The van der Waals surface area contributed by atoms with Gasteiger partial charge in [-0.1, -0.05) is 18.2 Å². The quantitative estimate of drug-likeness (QED) is 0.801. The Bertz CT molecular complexity index is 969. The van der Waals surface area contributed by atoms with Gasteiger partial charge in [0.15, 0.2) is 5.78 Å². The van der Waals surface area contributed by atoms with Gasteiger partial charge in [-0.15, -0.1) is 11.3 Å². The summed E-state index contributed by atoms with van der Waals surface area (Å²) in [6, 6.07) is 8.06. The molecule has 1 aromatic carbocycles. The number of dihydropyridines is 1. The highest BCUT2D eigenvalue weighted by molar-refractivity contribution is 7.17. The number of esters is 1. The van der Waals surface area contributed by atoms with Gasteiger partial charge < -0.3 is 15.0 Å². The fraction of sp³-hybridized carbons (Fsp3) is 0.333. The fourth-order valence-corrected chi connectivity index (χ4v) is 4.68. The Labute approximate surface area is 163 Å². The Morgan fingerprint density at radius 3 is 2.56 bits per heavy atom. The third-order valence-corrected chi connectivity index (χ3v) is 5.71. The average Bonchev–Trinajstić information content (AvgIpc) is 3.03. The topological polar surface area (TPSA) is 58.6 Å². The molecule has 0 saturated heterocycles. The van der Waals surface area contributed by atoms with E-state index < -0.39 is 11.9 Å². The summed E-state index contributed by atoms with van der Waals surface area (Å²) in [7, 11) is 5.26. The number of nitrogens with one attached hydrogen (secondary N) is 1. The molecule has 1 aliphatic rings. The molecule has 0 amide bonds. The number of nitrogens with zero attached hydrogens (tertiary/aromatic N) is 1. The summed E-state index contributed by atoms with van der Waals surface area (Å²) in [6.07, 6.45) is 0. The fourth-order valence-electron chi connectivity index (χ4n) is 3.69. The van der Waals surface area contributed by atoms with Crippen molar-refractivity contribution in [1.82, 2.24) is 10.2 Å². The molecule has 1 N–H and O–H groups in total. The van der Waals surface area contributed by atoms with E-state index in [1.54, 1.807) is 18.3 Å². The van der Waals surface area contributed by atoms with E-state index in [1.807, 2.05) is 49.5 Å². The second-order valence-corrected chi connectivity index (χ2v) is 7.87. The van der Waals surface area contributed by atoms with Crippen molar-refractivity contribution in [2.45, 2.75) is 19.8 Å². The van der Waals surface area contributed by atoms with Crippen LogP contribution in [-0.2, 0) is 14.3 Å². The maximum atomic E-state index is 12.8. The van der Waals surface area contributed by atoms with E-state index >= 15 is 0 Å². The maximum absolute atomic E-state index is 12.8. The van der Waals surface area contributed by atoms with E-state index in [2.05, 4.69) is 11.4 Å². The van der Waals surface area contributed by atoms with Gasteiger partial charge in [0.05, 0.1) is 12.7 Å². The van der Waals surface area contributed by atoms with Crippen molar-refractivity contribution in [2.24, 2.45) is 0 Å². The summed E-state index contributed by atoms with van der Waals surface area (Å²) in [6.45, 7) is 3.99. The predicted molar refractivity (Wildman–Crippen MR) is 109 cm³/mol. The molecule has 1 aromatic heterocycles. The first-order valence-corrected chi connectivity index (χ1v) is 9.64. The minimum Gasteiger partial charge on any atom is -0.466 e. The number of hydrogen-bond donors (Lipinski definition) is 1. The molecule has 27 heavy (non-hydrogen) atoms. The van der Waals surface area contributed by atoms with Crippen LogP contribution in [0.2, 0.25) is 0 Å². The molecule has 6 heteroatoms. The van der Waals surface area contributed by atoms with E-state index in [4.69, 9.17) is 4.74 Å². The molecule has 0 aliphatic carbocycles. The summed E-state index contributed by atoms with van der Waals surface area (Å²) in [5.74, 6) is -0.904. The maximum Gasteiger partial charge on any atom is 0.336 e. The molecule has 142 valence electrons. The summed E-state index contributed by atoms with van der Waals surface area (Å²) < 4.78 is 6.25. The Kier molecular flexibility index (Phi) is 5.48. The summed E-state index contributed by atoms with van der Waals surface area (Å²) in [5, 5.41) is 6.39. The standard InChI is InChI=1S/C21H24N2O3S/c1-12-18(13(2)24)19(15-11-27-17-9-7-6-8-14(15)17)20(21(25)26-5)16(22-12)10-23(3)4/h6-9,11,19,22H,10H2,1-5H3. The number of rotatable bonds is 5. The largest absolute Gasteiger partial charge is 0.466 e. The molecular weight excluding hydrogens is 360 g/mol. The Hall–Kier alpha value is -2.44. The summed E-state index contributed by atoms with van der Waals surface area (Å²) in [4.78, 5) is 27.3. The zero-order valence-electron chi connectivity index (χ0n) is 16.3. The first-order chi connectivity index (χ1) is 12.8. The summed E-state index contributed by atoms with van der Waals surface area (Å²) >= 11 is 1.62. The number of thiophene rings is 1. The molecule has 1 unspecified atom stereocenters. The van der Waals surface area contributed by atoms with E-state index in [0.29, 0.717) is 17.7 Å². The number of likely N-dealkylation sites (N-methyl/N-ethyl adjacent to an activating group) is 1. The lowest BCUT2D eigenvalue weighted by atomic mass is 9.78. The molecule has 0 spiro atoms. The smallest absolute Gasteiger partial charge is 0.336 e. The van der Waals surface area contributed by atoms with Crippen molar-refractivity contribution in [1.29, 1.82) is 0 Å². The lowest BCUT2D eigenvalue weighted by molar-refractivity contribution is -0.136. The van der Waals surface area contributed by atoms with Gasteiger partial charge in [0, 0.05) is 34.1 Å². The molecular formula is C21H24N2O3S. The molecule has 0 bridgehead atoms. The number of ether oxygens (including phenoxy) is 1. The Morgan fingerprint density at radius 2 is 1.93 bits per heavy atom. The highest BCUT2D eigenvalue weighted by Crippen LogP contribution is 2.43. The third kappa shape index (κ3) is 3.55. The molecule has 2 aromatic rings. The van der Waals surface area contributed by atoms with Gasteiger partial charge in [0.25, 0.3) is 0 Å². The molecule has 0 radical (unpaired) electrons. The van der Waals surface area contributed by atoms with Crippen LogP contribution in [0.25, 0.3) is 10.1 Å². The first kappa shape index (κ1) is 19.3. The highest BCUT2D eigenvalue weighted by Gasteiger charge is 2.37. The second-order valence-electron chi connectivity index (χ2n) is 6.96. The van der Waals surface area contributed by atoms with Gasteiger partial charge in [0.2, 0.25) is 0 Å². The normalized spacial score (nSPS) is 17.5. The van der Waals surface area contributed by atoms with Crippen LogP contribution in [-0.4, -0.2) is 44.4 Å². The first-order valence-electron chi connectivity index (χ1n) is 8.76. The number of ketones is 1. The molecule has 0 fully saturated rings. The van der Waals surface area contributed by atoms with Crippen molar-refractivity contribution in [3.05, 3.63) is 57.7 Å². The molecule has 3 rings (SSSR count). The van der Waals surface area contributed by atoms with Crippen molar-refractivity contribution in [3.63, 3.8) is 0 Å². The minimum atomic E-state index is -0.442. The minimum absolute atomic E-state index is 0.0504. The van der Waals surface area contributed by atoms with Crippen molar-refractivity contribution < 1.29 is 14.3 Å². The number of Topliss-reactive ketones (excluding diaryl/α,β-unsaturated/α-hetero) is 1. The van der Waals surface area contributed by atoms with Gasteiger partial charge in [-0.05, 0) is 50.3 Å². The highest BCUT2D eigenvalue weighted by atomic mass is 32.1. The molecule has 1 aliphatic heterocycles. The number of carbonyl (C=O) groups is 2. The van der Waals surface area contributed by atoms with Crippen LogP contribution in [0.4, 0.5) is 0 Å². The zero-order chi connectivity index (χ0) is 19.7. The number of allylic oxidation sites excluding steroid dienone is 2. The van der Waals surface area contributed by atoms with Crippen molar-refractivity contribution in [3.8, 4) is 0 Å². The molecule has 5 nitrogen and oxygen atoms in total. The van der Waals surface area contributed by atoms with Crippen LogP contribution in [0, 0.1) is 0 Å². The van der Waals surface area contributed by atoms with Gasteiger partial charge in [-0.3, -0.25) is 4.79 Å². The average molecular weight is 385 g/mol. The van der Waals surface area contributed by atoms with Crippen LogP contribution in [0.5, 0.6) is 0 Å². The molecule has 0 saturated carbocycles. The van der Waals surface area contributed by atoms with E-state index in [0.717, 1.165) is 27.0 Å². The van der Waals surface area contributed by atoms with E-state index in [-0.39, 0.29) is 5.78 Å². The SMILES string of the molecule is COC(=O)C1=C(CN(C)C)NC(C)=C(C(C)=O)C1c1csc2ccccc12. The van der Waals surface area contributed by atoms with Crippen LogP contribution >= 0.6 is 11.3 Å². The van der Waals surface area contributed by atoms with Crippen LogP contribution < -0.4 is 5.32 Å². The van der Waals surface area contributed by atoms with Crippen LogP contribution in [0.15, 0.2) is 52.2 Å². The number of carbonyl (C=O) groups excluding carboxylic acids is 2. The van der Waals surface area contributed by atoms with Crippen LogP contribution in [0.3, 0.4) is 0 Å². The number of methoxy groups -OCH3 is 1. The van der Waals surface area contributed by atoms with Gasteiger partial charge in [0.1, 0.15) is 0 Å². The number of fused-ring (bicyclic) bond motifs is 1. The Balaban J connectivity index is 2.30. The van der Waals surface area contributed by atoms with Crippen molar-refractivity contribution >= 4 is 33.2 Å². The summed E-state index contributed by atoms with van der Waals surface area (Å²) in [5.41, 5.74) is 3.65. The van der Waals surface area contributed by atoms with Gasteiger partial charge in [-0.25, -0.2) is 4.79 Å². The lowest BCUT2D eigenvalue weighted by Crippen LogP contribution is -2.35. The number of benzene rings is 1. The zero-order valence-corrected chi connectivity index (χ0v) is 17.1. The van der Waals surface area contributed by atoms with Gasteiger partial charge >= 0.3 is 5.97 Å². The van der Waals surface area contributed by atoms with Gasteiger partial charge in [-0.2, -0.15) is 0 Å². The number of hydrogen-bond acceptors (Lipinski definition) is 6.